The maximum Gasteiger partial charge on any atom is 0.234 e. The average molecular weight is 477 g/mol. The molecule has 10 heteroatoms. The maximum absolute atomic E-state index is 13.6. The lowest BCUT2D eigenvalue weighted by Gasteiger charge is -2.21. The van der Waals surface area contributed by atoms with E-state index < -0.39 is 20.8 Å². The van der Waals surface area contributed by atoms with E-state index in [-0.39, 0.29) is 41.2 Å². The number of carbonyl (C=O) groups excluding carboxylic acids is 1. The van der Waals surface area contributed by atoms with Crippen LogP contribution < -0.4 is 16.4 Å². The highest BCUT2D eigenvalue weighted by Gasteiger charge is 2.32. The maximum atomic E-state index is 13.6. The van der Waals surface area contributed by atoms with Gasteiger partial charge in [0.1, 0.15) is 21.7 Å². The van der Waals surface area contributed by atoms with Gasteiger partial charge in [0, 0.05) is 25.8 Å². The minimum atomic E-state index is -4.11. The number of rotatable bonds is 12. The Labute approximate surface area is 194 Å². The molecule has 33 heavy (non-hydrogen) atoms. The first kappa shape index (κ1) is 26.3. The fraction of sp³-hybridized carbons (Fsp3) is 0.391. The molecule has 180 valence electrons. The number of amides is 1. The molecule has 2 aromatic carbocycles. The molecule has 0 saturated heterocycles. The zero-order chi connectivity index (χ0) is 24.6. The number of phenols is 1. The van der Waals surface area contributed by atoms with Crippen molar-refractivity contribution in [3.8, 4) is 5.75 Å². The molecule has 2 aromatic rings. The van der Waals surface area contributed by atoms with Gasteiger partial charge >= 0.3 is 0 Å². The van der Waals surface area contributed by atoms with E-state index in [0.717, 1.165) is 5.56 Å². The number of hydrogen-bond acceptors (Lipinski definition) is 7. The fourth-order valence-corrected chi connectivity index (χ4v) is 5.05. The molecule has 0 spiro atoms. The third-order valence-corrected chi connectivity index (χ3v) is 7.30. The van der Waals surface area contributed by atoms with E-state index in [1.54, 1.807) is 12.1 Å². The summed E-state index contributed by atoms with van der Waals surface area (Å²) < 4.78 is 32.1. The van der Waals surface area contributed by atoms with E-state index in [4.69, 9.17) is 15.9 Å². The molecule has 0 bridgehead atoms. The number of phenolic OH excluding ortho intramolecular Hbond substituents is 1. The standard InChI is InChI=1S/C23H32N4O5S/c1-15(2)16-4-6-17(7-5-16)21(13-26-14-22(29)27-10-11-32-3)33(30,31)20-12-18(23(24)25)8-9-19(20)28/h4-9,12,15,21,26,28H,10-11,13-14H2,1-3H3,(H3,24,25)(H,27,29). The predicted molar refractivity (Wildman–Crippen MR) is 127 cm³/mol. The summed E-state index contributed by atoms with van der Waals surface area (Å²) >= 11 is 0. The van der Waals surface area contributed by atoms with E-state index in [1.165, 1.54) is 25.3 Å². The minimum Gasteiger partial charge on any atom is -0.507 e. The second kappa shape index (κ2) is 11.8. The number of carbonyl (C=O) groups is 1. The Kier molecular flexibility index (Phi) is 9.39. The van der Waals surface area contributed by atoms with Gasteiger partial charge in [-0.3, -0.25) is 10.2 Å². The zero-order valence-corrected chi connectivity index (χ0v) is 19.9. The summed E-state index contributed by atoms with van der Waals surface area (Å²) in [7, 11) is -2.58. The summed E-state index contributed by atoms with van der Waals surface area (Å²) in [5.41, 5.74) is 7.27. The van der Waals surface area contributed by atoms with Crippen LogP contribution in [0.1, 0.15) is 41.7 Å². The van der Waals surface area contributed by atoms with Crippen molar-refractivity contribution in [1.29, 1.82) is 5.41 Å². The highest BCUT2D eigenvalue weighted by molar-refractivity contribution is 7.91. The number of sulfone groups is 1. The van der Waals surface area contributed by atoms with Gasteiger partial charge in [0.05, 0.1) is 13.2 Å². The Morgan fingerprint density at radius 1 is 1.15 bits per heavy atom. The van der Waals surface area contributed by atoms with Gasteiger partial charge in [-0.25, -0.2) is 8.42 Å². The zero-order valence-electron chi connectivity index (χ0n) is 19.1. The van der Waals surface area contributed by atoms with E-state index in [1.807, 2.05) is 26.0 Å². The van der Waals surface area contributed by atoms with Gasteiger partial charge in [0.25, 0.3) is 0 Å². The Morgan fingerprint density at radius 2 is 1.79 bits per heavy atom. The molecule has 1 unspecified atom stereocenters. The Bertz CT molecular complexity index is 1070. The largest absolute Gasteiger partial charge is 0.507 e. The van der Waals surface area contributed by atoms with E-state index in [2.05, 4.69) is 10.6 Å². The second-order valence-corrected chi connectivity index (χ2v) is 10.0. The van der Waals surface area contributed by atoms with Crippen LogP contribution in [0.5, 0.6) is 5.75 Å². The van der Waals surface area contributed by atoms with Gasteiger partial charge < -0.3 is 26.2 Å². The number of nitrogens with two attached hydrogens (primary N) is 1. The molecule has 6 N–H and O–H groups in total. The number of methoxy groups -OCH3 is 1. The van der Waals surface area contributed by atoms with Gasteiger partial charge in [-0.2, -0.15) is 0 Å². The summed E-state index contributed by atoms with van der Waals surface area (Å²) in [5.74, 6) is -0.754. The van der Waals surface area contributed by atoms with Crippen molar-refractivity contribution in [2.45, 2.75) is 29.9 Å². The third kappa shape index (κ3) is 7.01. The number of ether oxygens (including phenoxy) is 1. The van der Waals surface area contributed by atoms with Crippen molar-refractivity contribution < 1.29 is 23.1 Å². The summed E-state index contributed by atoms with van der Waals surface area (Å²) in [6.45, 7) is 4.65. The molecule has 0 fully saturated rings. The van der Waals surface area contributed by atoms with Crippen LogP contribution in [-0.2, 0) is 19.4 Å². The first-order valence-electron chi connectivity index (χ1n) is 10.6. The third-order valence-electron chi connectivity index (χ3n) is 5.17. The Morgan fingerprint density at radius 3 is 2.36 bits per heavy atom. The number of aromatic hydroxyl groups is 1. The van der Waals surface area contributed by atoms with Crippen LogP contribution in [0, 0.1) is 5.41 Å². The lowest BCUT2D eigenvalue weighted by molar-refractivity contribution is -0.120. The van der Waals surface area contributed by atoms with Crippen molar-refractivity contribution in [3.05, 3.63) is 59.2 Å². The quantitative estimate of drug-likeness (QED) is 0.177. The first-order chi connectivity index (χ1) is 15.6. The van der Waals surface area contributed by atoms with Crippen molar-refractivity contribution in [2.24, 2.45) is 5.73 Å². The molecule has 1 atom stereocenters. The summed E-state index contributed by atoms with van der Waals surface area (Å²) in [6.07, 6.45) is 0. The van der Waals surface area contributed by atoms with Crippen LogP contribution in [0.15, 0.2) is 47.4 Å². The van der Waals surface area contributed by atoms with E-state index in [9.17, 15) is 18.3 Å². The molecule has 0 heterocycles. The minimum absolute atomic E-state index is 0.0647. The van der Waals surface area contributed by atoms with Crippen LogP contribution >= 0.6 is 0 Å². The van der Waals surface area contributed by atoms with Crippen LogP contribution in [0.4, 0.5) is 0 Å². The van der Waals surface area contributed by atoms with Gasteiger partial charge in [-0.1, -0.05) is 38.1 Å². The molecule has 9 nitrogen and oxygen atoms in total. The fourth-order valence-electron chi connectivity index (χ4n) is 3.24. The van der Waals surface area contributed by atoms with Crippen LogP contribution in [-0.4, -0.2) is 58.6 Å². The smallest absolute Gasteiger partial charge is 0.234 e. The Balaban J connectivity index is 2.36. The van der Waals surface area contributed by atoms with Gasteiger partial charge in [0.15, 0.2) is 9.84 Å². The first-order valence-corrected chi connectivity index (χ1v) is 12.1. The molecule has 0 saturated carbocycles. The van der Waals surface area contributed by atoms with E-state index >= 15 is 0 Å². The molecule has 0 aliphatic heterocycles. The molecule has 0 aliphatic carbocycles. The monoisotopic (exact) mass is 476 g/mol. The molecule has 1 amide bonds. The summed E-state index contributed by atoms with van der Waals surface area (Å²) in [6, 6.07) is 11.0. The number of nitrogen functional groups attached to an aromatic ring is 1. The van der Waals surface area contributed by atoms with Crippen molar-refractivity contribution in [3.63, 3.8) is 0 Å². The van der Waals surface area contributed by atoms with Gasteiger partial charge in [-0.05, 0) is 35.2 Å². The Hall–Kier alpha value is -2.95. The van der Waals surface area contributed by atoms with Crippen molar-refractivity contribution in [2.75, 3.05) is 33.4 Å². The van der Waals surface area contributed by atoms with Crippen molar-refractivity contribution >= 4 is 21.6 Å². The van der Waals surface area contributed by atoms with Crippen molar-refractivity contribution in [1.82, 2.24) is 10.6 Å². The lowest BCUT2D eigenvalue weighted by Crippen LogP contribution is -2.38. The van der Waals surface area contributed by atoms with Crippen LogP contribution in [0.25, 0.3) is 0 Å². The highest BCUT2D eigenvalue weighted by Crippen LogP contribution is 2.34. The summed E-state index contributed by atoms with van der Waals surface area (Å²) in [5, 5.41) is 22.4. The highest BCUT2D eigenvalue weighted by atomic mass is 32.2. The van der Waals surface area contributed by atoms with Crippen LogP contribution in [0.2, 0.25) is 0 Å². The van der Waals surface area contributed by atoms with E-state index in [0.29, 0.717) is 18.7 Å². The average Bonchev–Trinajstić information content (AvgIpc) is 2.77. The second-order valence-electron chi connectivity index (χ2n) is 7.92. The normalized spacial score (nSPS) is 12.5. The molecular weight excluding hydrogens is 444 g/mol. The molecule has 2 rings (SSSR count). The number of amidine groups is 1. The number of benzene rings is 2. The number of nitrogens with one attached hydrogen (secondary N) is 3. The summed E-state index contributed by atoms with van der Waals surface area (Å²) in [4.78, 5) is 11.7. The van der Waals surface area contributed by atoms with Gasteiger partial charge in [-0.15, -0.1) is 0 Å². The number of hydrogen-bond donors (Lipinski definition) is 5. The molecular formula is C23H32N4O5S. The van der Waals surface area contributed by atoms with Crippen LogP contribution in [0.3, 0.4) is 0 Å². The van der Waals surface area contributed by atoms with Gasteiger partial charge in [0.2, 0.25) is 5.91 Å². The molecule has 0 aromatic heterocycles. The predicted octanol–water partition coefficient (Wildman–Crippen LogP) is 1.67. The molecule has 0 aliphatic rings. The topological polar surface area (TPSA) is 155 Å². The SMILES string of the molecule is COCCNC(=O)CNCC(c1ccc(C(C)C)cc1)S(=O)(=O)c1cc(C(=N)N)ccc1O. The lowest BCUT2D eigenvalue weighted by atomic mass is 10.0. The molecule has 0 radical (unpaired) electrons.